The highest BCUT2D eigenvalue weighted by molar-refractivity contribution is 6.38. The number of rotatable bonds is 7. The van der Waals surface area contributed by atoms with Crippen molar-refractivity contribution in [2.24, 2.45) is 0 Å². The number of carboxylic acid groups (broad SMARTS) is 1. The molecule has 0 saturated carbocycles. The van der Waals surface area contributed by atoms with Gasteiger partial charge in [-0.2, -0.15) is 0 Å². The molecule has 4 rings (SSSR count). The molecule has 3 aromatic carbocycles. The third-order valence-corrected chi connectivity index (χ3v) is 6.41. The van der Waals surface area contributed by atoms with Crippen LogP contribution in [0, 0.1) is 0 Å². The van der Waals surface area contributed by atoms with Crippen molar-refractivity contribution in [2.75, 3.05) is 13.2 Å². The number of carboxylic acids is 1. The fraction of sp³-hybridized carbons (Fsp3) is 0.200. The zero-order valence-corrected chi connectivity index (χ0v) is 20.1. The van der Waals surface area contributed by atoms with Gasteiger partial charge in [0.2, 0.25) is 0 Å². The van der Waals surface area contributed by atoms with Crippen LogP contribution in [0.3, 0.4) is 0 Å². The molecule has 176 valence electrons. The summed E-state index contributed by atoms with van der Waals surface area (Å²) in [6.07, 6.45) is 0.963. The van der Waals surface area contributed by atoms with E-state index in [0.29, 0.717) is 36.3 Å². The second-order valence-corrected chi connectivity index (χ2v) is 8.89. The van der Waals surface area contributed by atoms with Crippen LogP contribution >= 0.6 is 35.0 Å². The topological polar surface area (TPSA) is 76.1 Å². The lowest BCUT2D eigenvalue weighted by Crippen LogP contribution is -2.23. The molecule has 0 aromatic heterocycles. The van der Waals surface area contributed by atoms with Crippen LogP contribution in [0.1, 0.15) is 33.8 Å². The maximum Gasteiger partial charge on any atom is 0.311 e. The van der Waals surface area contributed by atoms with Crippen LogP contribution in [0.25, 0.3) is 0 Å². The zero-order chi connectivity index (χ0) is 24.2. The van der Waals surface area contributed by atoms with E-state index in [0.717, 1.165) is 9.98 Å². The summed E-state index contributed by atoms with van der Waals surface area (Å²) in [7, 11) is 0. The third-order valence-electron chi connectivity index (χ3n) is 5.47. The number of carbonyl (C=O) groups is 2. The monoisotopic (exact) mass is 519 g/mol. The summed E-state index contributed by atoms with van der Waals surface area (Å²) >= 11 is 19.0. The Bertz CT molecular complexity index is 1200. The van der Waals surface area contributed by atoms with Crippen molar-refractivity contribution in [2.45, 2.75) is 18.8 Å². The molecule has 1 heterocycles. The number of nitrogens with zero attached hydrogens (tertiary/aromatic N) is 1. The van der Waals surface area contributed by atoms with E-state index in [1.54, 1.807) is 24.3 Å². The Kier molecular flexibility index (Phi) is 7.51. The van der Waals surface area contributed by atoms with E-state index in [4.69, 9.17) is 44.5 Å². The zero-order valence-electron chi connectivity index (χ0n) is 17.8. The van der Waals surface area contributed by atoms with Crippen LogP contribution in [-0.4, -0.2) is 34.6 Å². The SMILES string of the molecule is O=C(O)C1CCOc2c1cc(Cl)c(Oc1ccc(C(=O)N(Cl)CCc3ccccc3)cc1)c2Cl. The molecule has 0 aliphatic carbocycles. The predicted molar refractivity (Wildman–Crippen MR) is 131 cm³/mol. The molecule has 1 aliphatic heterocycles. The Morgan fingerprint density at radius 2 is 1.79 bits per heavy atom. The van der Waals surface area contributed by atoms with E-state index in [-0.39, 0.29) is 34.1 Å². The Morgan fingerprint density at radius 3 is 2.47 bits per heavy atom. The molecule has 0 saturated heterocycles. The highest BCUT2D eigenvalue weighted by Gasteiger charge is 2.32. The first kappa shape index (κ1) is 24.2. The van der Waals surface area contributed by atoms with Crippen LogP contribution in [0.2, 0.25) is 10.0 Å². The number of carbonyl (C=O) groups excluding carboxylic acids is 1. The summed E-state index contributed by atoms with van der Waals surface area (Å²) in [6.45, 7) is 0.584. The molecule has 0 bridgehead atoms. The molecule has 9 heteroatoms. The van der Waals surface area contributed by atoms with E-state index in [1.807, 2.05) is 30.3 Å². The first-order valence-electron chi connectivity index (χ1n) is 10.5. The van der Waals surface area contributed by atoms with Gasteiger partial charge in [0.15, 0.2) is 5.75 Å². The largest absolute Gasteiger partial charge is 0.492 e. The van der Waals surface area contributed by atoms with Gasteiger partial charge in [-0.1, -0.05) is 53.5 Å². The van der Waals surface area contributed by atoms with Crippen molar-refractivity contribution in [1.29, 1.82) is 0 Å². The Morgan fingerprint density at radius 1 is 1.09 bits per heavy atom. The summed E-state index contributed by atoms with van der Waals surface area (Å²) in [6, 6.07) is 17.6. The Hall–Kier alpha value is -2.93. The summed E-state index contributed by atoms with van der Waals surface area (Å²) in [5.41, 5.74) is 1.90. The van der Waals surface area contributed by atoms with E-state index in [2.05, 4.69) is 0 Å². The van der Waals surface area contributed by atoms with Crippen molar-refractivity contribution in [3.63, 3.8) is 0 Å². The molecule has 1 aliphatic rings. The first-order valence-corrected chi connectivity index (χ1v) is 11.6. The lowest BCUT2D eigenvalue weighted by Gasteiger charge is -2.25. The van der Waals surface area contributed by atoms with Crippen molar-refractivity contribution < 1.29 is 24.2 Å². The fourth-order valence-corrected chi connectivity index (χ4v) is 4.47. The van der Waals surface area contributed by atoms with E-state index in [1.165, 1.54) is 6.07 Å². The molecule has 6 nitrogen and oxygen atoms in total. The number of amides is 1. The number of fused-ring (bicyclic) bond motifs is 1. The minimum atomic E-state index is -0.970. The molecule has 0 spiro atoms. The van der Waals surface area contributed by atoms with Crippen LogP contribution in [0.15, 0.2) is 60.7 Å². The second kappa shape index (κ2) is 10.6. The number of hydrogen-bond donors (Lipinski definition) is 1. The lowest BCUT2D eigenvalue weighted by molar-refractivity contribution is -0.139. The van der Waals surface area contributed by atoms with E-state index in [9.17, 15) is 14.7 Å². The number of aliphatic carboxylic acids is 1. The van der Waals surface area contributed by atoms with E-state index < -0.39 is 11.9 Å². The van der Waals surface area contributed by atoms with Gasteiger partial charge in [-0.25, -0.2) is 0 Å². The lowest BCUT2D eigenvalue weighted by atomic mass is 9.93. The molecule has 0 fully saturated rings. The minimum Gasteiger partial charge on any atom is -0.492 e. The van der Waals surface area contributed by atoms with Crippen LogP contribution < -0.4 is 9.47 Å². The molecule has 1 amide bonds. The fourth-order valence-electron chi connectivity index (χ4n) is 3.69. The number of halogens is 3. The molecular formula is C25H20Cl3NO5. The highest BCUT2D eigenvalue weighted by atomic mass is 35.5. The van der Waals surface area contributed by atoms with E-state index >= 15 is 0 Å². The van der Waals surface area contributed by atoms with Gasteiger partial charge >= 0.3 is 5.97 Å². The van der Waals surface area contributed by atoms with Gasteiger partial charge in [0.05, 0.1) is 17.5 Å². The Labute approximate surface area is 211 Å². The highest BCUT2D eigenvalue weighted by Crippen LogP contribution is 2.48. The summed E-state index contributed by atoms with van der Waals surface area (Å²) in [4.78, 5) is 24.2. The van der Waals surface area contributed by atoms with Crippen molar-refractivity contribution >= 4 is 46.9 Å². The van der Waals surface area contributed by atoms with Gasteiger partial charge in [-0.05, 0) is 48.7 Å². The van der Waals surface area contributed by atoms with Gasteiger partial charge in [0.1, 0.15) is 16.5 Å². The molecule has 1 N–H and O–H groups in total. The standard InChI is InChI=1S/C25H20Cl3NO5/c26-20-14-19-18(25(31)32)11-13-33-22(19)21(27)23(20)34-17-8-6-16(7-9-17)24(30)29(28)12-10-15-4-2-1-3-5-15/h1-9,14,18H,10-13H2,(H,31,32). The average Bonchev–Trinajstić information content (AvgIpc) is 2.85. The third kappa shape index (κ3) is 5.25. The maximum atomic E-state index is 12.6. The summed E-state index contributed by atoms with van der Waals surface area (Å²) in [5, 5.41) is 9.72. The molecule has 1 atom stereocenters. The molecule has 0 radical (unpaired) electrons. The molecule has 3 aromatic rings. The summed E-state index contributed by atoms with van der Waals surface area (Å²) in [5.74, 6) is -1.27. The maximum absolute atomic E-state index is 12.6. The van der Waals surface area contributed by atoms with Crippen molar-refractivity contribution in [3.05, 3.63) is 87.4 Å². The van der Waals surface area contributed by atoms with Gasteiger partial charge in [0, 0.05) is 29.4 Å². The van der Waals surface area contributed by atoms with Gasteiger partial charge in [-0.15, -0.1) is 0 Å². The molecule has 34 heavy (non-hydrogen) atoms. The number of hydrogen-bond acceptors (Lipinski definition) is 4. The normalized spacial score (nSPS) is 14.6. The van der Waals surface area contributed by atoms with Crippen LogP contribution in [0.5, 0.6) is 17.2 Å². The Balaban J connectivity index is 1.46. The first-order chi connectivity index (χ1) is 16.3. The second-order valence-electron chi connectivity index (χ2n) is 7.70. The van der Waals surface area contributed by atoms with Crippen LogP contribution in [0.4, 0.5) is 0 Å². The van der Waals surface area contributed by atoms with Crippen LogP contribution in [-0.2, 0) is 11.2 Å². The average molecular weight is 521 g/mol. The summed E-state index contributed by atoms with van der Waals surface area (Å²) < 4.78 is 12.6. The molecular weight excluding hydrogens is 501 g/mol. The van der Waals surface area contributed by atoms with Gasteiger partial charge < -0.3 is 14.6 Å². The number of benzene rings is 3. The molecule has 1 unspecified atom stereocenters. The number of ether oxygens (including phenoxy) is 2. The van der Waals surface area contributed by atoms with Crippen molar-refractivity contribution in [1.82, 2.24) is 4.42 Å². The van der Waals surface area contributed by atoms with Crippen molar-refractivity contribution in [3.8, 4) is 17.2 Å². The van der Waals surface area contributed by atoms with Gasteiger partial charge in [0.25, 0.3) is 5.91 Å². The van der Waals surface area contributed by atoms with Gasteiger partial charge in [-0.3, -0.25) is 14.0 Å². The quantitative estimate of drug-likeness (QED) is 0.356. The predicted octanol–water partition coefficient (Wildman–Crippen LogP) is 6.58. The smallest absolute Gasteiger partial charge is 0.311 e. The minimum absolute atomic E-state index is 0.0986.